The van der Waals surface area contributed by atoms with Gasteiger partial charge in [0.05, 0.1) is 13.2 Å². The second-order valence-electron chi connectivity index (χ2n) is 5.70. The fourth-order valence-corrected chi connectivity index (χ4v) is 2.48. The van der Waals surface area contributed by atoms with E-state index in [1.165, 1.54) is 12.1 Å². The fraction of sp³-hybridized carbons (Fsp3) is 0.688. The van der Waals surface area contributed by atoms with Gasteiger partial charge in [0, 0.05) is 0 Å². The highest BCUT2D eigenvalue weighted by Crippen LogP contribution is 2.29. The summed E-state index contributed by atoms with van der Waals surface area (Å²) in [5.41, 5.74) is 0. The largest absolute Gasteiger partial charge is 0.464 e. The molecular formula is C16H24O9. The third kappa shape index (κ3) is 4.78. The number of furan rings is 1. The highest BCUT2D eigenvalue weighted by atomic mass is 16.7. The van der Waals surface area contributed by atoms with Crippen molar-refractivity contribution in [2.24, 2.45) is 0 Å². The Hall–Kier alpha value is -1.49. The van der Waals surface area contributed by atoms with Gasteiger partial charge in [-0.25, -0.2) is 4.79 Å². The summed E-state index contributed by atoms with van der Waals surface area (Å²) in [7, 11) is 0. The van der Waals surface area contributed by atoms with E-state index >= 15 is 0 Å². The van der Waals surface area contributed by atoms with Crippen molar-refractivity contribution in [3.63, 3.8) is 0 Å². The predicted molar refractivity (Wildman–Crippen MR) is 82.1 cm³/mol. The maximum absolute atomic E-state index is 12.0. The lowest BCUT2D eigenvalue weighted by atomic mass is 10.1. The number of hydrogen-bond acceptors (Lipinski definition) is 9. The van der Waals surface area contributed by atoms with E-state index in [0.717, 1.165) is 6.42 Å². The molecule has 2 heterocycles. The summed E-state index contributed by atoms with van der Waals surface area (Å²) < 4.78 is 20.8. The Balaban J connectivity index is 1.99. The van der Waals surface area contributed by atoms with E-state index in [4.69, 9.17) is 23.7 Å². The maximum Gasteiger partial charge on any atom is 0.338 e. The van der Waals surface area contributed by atoms with Crippen molar-refractivity contribution in [2.45, 2.75) is 57.1 Å². The Kier molecular flexibility index (Phi) is 7.36. The van der Waals surface area contributed by atoms with Crippen LogP contribution in [0.2, 0.25) is 0 Å². The number of unbranched alkanes of at least 4 members (excludes halogenated alkanes) is 1. The minimum atomic E-state index is -1.56. The van der Waals surface area contributed by atoms with Crippen LogP contribution in [0.4, 0.5) is 0 Å². The smallest absolute Gasteiger partial charge is 0.338 e. The molecule has 9 heteroatoms. The van der Waals surface area contributed by atoms with Crippen LogP contribution in [-0.4, -0.2) is 64.0 Å². The Bertz CT molecular complexity index is 543. The average Bonchev–Trinajstić information content (AvgIpc) is 3.20. The van der Waals surface area contributed by atoms with Gasteiger partial charge < -0.3 is 39.1 Å². The molecule has 1 aromatic heterocycles. The summed E-state index contributed by atoms with van der Waals surface area (Å²) >= 11 is 0. The van der Waals surface area contributed by atoms with Crippen LogP contribution in [0.1, 0.15) is 37.6 Å². The average molecular weight is 360 g/mol. The number of aliphatic hydroxyl groups excluding tert-OH is 4. The Morgan fingerprint density at radius 3 is 2.72 bits per heavy atom. The molecule has 0 bridgehead atoms. The first kappa shape index (κ1) is 19.8. The highest BCUT2D eigenvalue weighted by Gasteiger charge is 2.49. The summed E-state index contributed by atoms with van der Waals surface area (Å²) in [6.45, 7) is 1.29. The molecule has 142 valence electrons. The molecule has 0 spiro atoms. The summed E-state index contributed by atoms with van der Waals surface area (Å²) in [6, 6.07) is 2.86. The molecule has 0 radical (unpaired) electrons. The van der Waals surface area contributed by atoms with Gasteiger partial charge in [-0.1, -0.05) is 13.3 Å². The molecule has 0 unspecified atom stereocenters. The molecule has 1 aromatic rings. The molecule has 1 aliphatic rings. The molecule has 1 saturated heterocycles. The zero-order valence-corrected chi connectivity index (χ0v) is 13.9. The van der Waals surface area contributed by atoms with Gasteiger partial charge in [-0.2, -0.15) is 0 Å². The first-order chi connectivity index (χ1) is 12.0. The van der Waals surface area contributed by atoms with Crippen molar-refractivity contribution in [1.82, 2.24) is 0 Å². The molecule has 0 saturated carbocycles. The molecule has 4 N–H and O–H groups in total. The molecule has 9 nitrogen and oxygen atoms in total. The van der Waals surface area contributed by atoms with Crippen molar-refractivity contribution < 1.29 is 43.8 Å². The number of hydrogen-bond donors (Lipinski definition) is 4. The second-order valence-corrected chi connectivity index (χ2v) is 5.70. The first-order valence-corrected chi connectivity index (χ1v) is 8.15. The number of rotatable bonds is 9. The van der Waals surface area contributed by atoms with Crippen LogP contribution in [0, 0.1) is 0 Å². The summed E-state index contributed by atoms with van der Waals surface area (Å²) in [4.78, 5) is 12.0. The summed E-state index contributed by atoms with van der Waals surface area (Å²) in [6.07, 6.45) is -4.94. The van der Waals surface area contributed by atoms with Gasteiger partial charge in [0.25, 0.3) is 0 Å². The highest BCUT2D eigenvalue weighted by molar-refractivity contribution is 5.76. The van der Waals surface area contributed by atoms with Gasteiger partial charge in [0.2, 0.25) is 6.29 Å². The molecule has 25 heavy (non-hydrogen) atoms. The predicted octanol–water partition coefficient (Wildman–Crippen LogP) is -0.388. The number of carbonyl (C=O) groups excluding carboxylic acids is 1. The van der Waals surface area contributed by atoms with Gasteiger partial charge in [-0.15, -0.1) is 0 Å². The van der Waals surface area contributed by atoms with E-state index in [-0.39, 0.29) is 24.7 Å². The monoisotopic (exact) mass is 360 g/mol. The minimum Gasteiger partial charge on any atom is -0.464 e. The van der Waals surface area contributed by atoms with Gasteiger partial charge in [-0.05, 0) is 18.6 Å². The van der Waals surface area contributed by atoms with Gasteiger partial charge in [0.1, 0.15) is 30.7 Å². The Labute approximate surface area is 144 Å². The van der Waals surface area contributed by atoms with E-state index < -0.39 is 43.3 Å². The molecule has 0 amide bonds. The third-order valence-electron chi connectivity index (χ3n) is 3.86. The van der Waals surface area contributed by atoms with E-state index in [9.17, 15) is 20.1 Å². The lowest BCUT2D eigenvalue weighted by Gasteiger charge is -2.22. The SMILES string of the molecule is CCCCOC(=O)[C@H]1O[C@H](CO)[C@@H](O[C@H](O)c2ccc(CO)o2)[C@@H]1O. The maximum atomic E-state index is 12.0. The number of carbonyl (C=O) groups is 1. The van der Waals surface area contributed by atoms with E-state index in [2.05, 4.69) is 0 Å². The minimum absolute atomic E-state index is 0.0157. The van der Waals surface area contributed by atoms with E-state index in [1.807, 2.05) is 6.92 Å². The van der Waals surface area contributed by atoms with Crippen LogP contribution < -0.4 is 0 Å². The molecule has 5 atom stereocenters. The van der Waals surface area contributed by atoms with E-state index in [0.29, 0.717) is 6.42 Å². The van der Waals surface area contributed by atoms with Crippen molar-refractivity contribution in [1.29, 1.82) is 0 Å². The number of aliphatic hydroxyl groups is 4. The van der Waals surface area contributed by atoms with Gasteiger partial charge in [0.15, 0.2) is 11.9 Å². The molecule has 1 fully saturated rings. The normalized spacial score (nSPS) is 27.4. The van der Waals surface area contributed by atoms with Crippen molar-refractivity contribution >= 4 is 5.97 Å². The van der Waals surface area contributed by atoms with Crippen molar-refractivity contribution in [3.8, 4) is 0 Å². The molecule has 2 rings (SSSR count). The number of esters is 1. The lowest BCUT2D eigenvalue weighted by molar-refractivity contribution is -0.182. The fourth-order valence-electron chi connectivity index (χ4n) is 2.48. The van der Waals surface area contributed by atoms with Crippen molar-refractivity contribution in [2.75, 3.05) is 13.2 Å². The van der Waals surface area contributed by atoms with E-state index in [1.54, 1.807) is 0 Å². The molecular weight excluding hydrogens is 336 g/mol. The topological polar surface area (TPSA) is 139 Å². The summed E-state index contributed by atoms with van der Waals surface area (Å²) in [5.74, 6) is -0.501. The molecule has 1 aliphatic heterocycles. The first-order valence-electron chi connectivity index (χ1n) is 8.15. The molecule has 0 aromatic carbocycles. The van der Waals surface area contributed by atoms with Crippen LogP contribution in [0.25, 0.3) is 0 Å². The van der Waals surface area contributed by atoms with Crippen LogP contribution >= 0.6 is 0 Å². The van der Waals surface area contributed by atoms with Gasteiger partial charge >= 0.3 is 5.97 Å². The second kappa shape index (κ2) is 9.27. The summed E-state index contributed by atoms with van der Waals surface area (Å²) in [5, 5.41) is 38.7. The standard InChI is InChI=1S/C16H24O9/c1-2-3-6-22-16(21)14-12(19)13(11(8-18)24-14)25-15(20)10-5-4-9(7-17)23-10/h4-5,11-15,17-20H,2-3,6-8H2,1H3/t11-,12+,13-,14+,15+/m1/s1. The van der Waals surface area contributed by atoms with Crippen molar-refractivity contribution in [3.05, 3.63) is 23.7 Å². The van der Waals surface area contributed by atoms with Crippen LogP contribution in [0.5, 0.6) is 0 Å². The van der Waals surface area contributed by atoms with Gasteiger partial charge in [-0.3, -0.25) is 0 Å². The molecule has 0 aliphatic carbocycles. The zero-order valence-electron chi connectivity index (χ0n) is 13.9. The zero-order chi connectivity index (χ0) is 18.4. The van der Waals surface area contributed by atoms with Crippen LogP contribution in [0.3, 0.4) is 0 Å². The third-order valence-corrected chi connectivity index (χ3v) is 3.86. The van der Waals surface area contributed by atoms with Crippen LogP contribution in [0.15, 0.2) is 16.5 Å². The lowest BCUT2D eigenvalue weighted by Crippen LogP contribution is -2.40. The Morgan fingerprint density at radius 1 is 1.36 bits per heavy atom. The quantitative estimate of drug-likeness (QED) is 0.263. The van der Waals surface area contributed by atoms with Crippen LogP contribution in [-0.2, 0) is 25.6 Å². The number of ether oxygens (including phenoxy) is 3. The Morgan fingerprint density at radius 2 is 2.12 bits per heavy atom.